The van der Waals surface area contributed by atoms with Crippen molar-refractivity contribution in [3.05, 3.63) is 52.0 Å². The van der Waals surface area contributed by atoms with Crippen molar-refractivity contribution >= 4 is 23.1 Å². The SMILES string of the molecule is O=C(OCC1C[C@H]2CC[C@@H](C1)N2)N(Cc1cc(F)c(F)cc1F)c1ccsc1. The number of anilines is 1. The number of benzene rings is 1. The second kappa shape index (κ2) is 8.13. The van der Waals surface area contributed by atoms with E-state index in [1.807, 2.05) is 0 Å². The Hall–Kier alpha value is -2.06. The monoisotopic (exact) mass is 410 g/mol. The molecule has 4 rings (SSSR count). The van der Waals surface area contributed by atoms with Gasteiger partial charge in [0, 0.05) is 29.1 Å². The Kier molecular flexibility index (Phi) is 5.59. The van der Waals surface area contributed by atoms with Gasteiger partial charge in [0.25, 0.3) is 0 Å². The fourth-order valence-electron chi connectivity index (χ4n) is 4.11. The Bertz CT molecular complexity index is 834. The summed E-state index contributed by atoms with van der Waals surface area (Å²) in [7, 11) is 0. The molecule has 2 aliphatic heterocycles. The standard InChI is InChI=1S/C20H21F3N2O2S/c21-17-8-19(23)18(22)7-13(17)9-25(16-3-4-28-11-16)20(26)27-10-12-5-14-1-2-15(6-12)24-14/h3-4,7-8,11-12,14-15,24H,1-2,5-6,9-10H2/t12?,14-,15+. The van der Waals surface area contributed by atoms with Gasteiger partial charge in [-0.25, -0.2) is 18.0 Å². The second-order valence-corrected chi connectivity index (χ2v) is 8.26. The van der Waals surface area contributed by atoms with Gasteiger partial charge in [0.2, 0.25) is 0 Å². The van der Waals surface area contributed by atoms with E-state index in [2.05, 4.69) is 5.32 Å². The zero-order valence-electron chi connectivity index (χ0n) is 15.2. The number of fused-ring (bicyclic) bond motifs is 2. The van der Waals surface area contributed by atoms with Gasteiger partial charge in [0.15, 0.2) is 11.6 Å². The van der Waals surface area contributed by atoms with Crippen LogP contribution in [0.15, 0.2) is 29.0 Å². The van der Waals surface area contributed by atoms with Gasteiger partial charge in [-0.2, -0.15) is 11.3 Å². The minimum absolute atomic E-state index is 0.109. The summed E-state index contributed by atoms with van der Waals surface area (Å²) in [5, 5.41) is 7.05. The molecule has 1 N–H and O–H groups in total. The van der Waals surface area contributed by atoms with Gasteiger partial charge in [0.1, 0.15) is 5.82 Å². The Labute approximate surface area is 165 Å². The lowest BCUT2D eigenvalue weighted by atomic mass is 9.93. The average Bonchev–Trinajstić information content (AvgIpc) is 3.31. The van der Waals surface area contributed by atoms with E-state index in [1.54, 1.807) is 16.8 Å². The van der Waals surface area contributed by atoms with Gasteiger partial charge in [0.05, 0.1) is 18.8 Å². The first-order valence-electron chi connectivity index (χ1n) is 9.35. The summed E-state index contributed by atoms with van der Waals surface area (Å²) in [5.41, 5.74) is 0.423. The number of nitrogens with zero attached hydrogens (tertiary/aromatic N) is 1. The van der Waals surface area contributed by atoms with Crippen LogP contribution in [0, 0.1) is 23.4 Å². The molecule has 0 saturated carbocycles. The van der Waals surface area contributed by atoms with Gasteiger partial charge in [-0.1, -0.05) is 0 Å². The molecule has 28 heavy (non-hydrogen) atoms. The molecule has 1 unspecified atom stereocenters. The lowest BCUT2D eigenvalue weighted by Gasteiger charge is -2.29. The van der Waals surface area contributed by atoms with Crippen molar-refractivity contribution in [2.45, 2.75) is 44.3 Å². The quantitative estimate of drug-likeness (QED) is 0.718. The van der Waals surface area contributed by atoms with Crippen LogP contribution >= 0.6 is 11.3 Å². The number of carbonyl (C=O) groups excluding carboxylic acids is 1. The molecule has 8 heteroatoms. The summed E-state index contributed by atoms with van der Waals surface area (Å²) in [4.78, 5) is 14.0. The van der Waals surface area contributed by atoms with Crippen LogP contribution < -0.4 is 10.2 Å². The summed E-state index contributed by atoms with van der Waals surface area (Å²) in [5.74, 6) is -3.01. The molecule has 2 fully saturated rings. The fraction of sp³-hybridized carbons (Fsp3) is 0.450. The Balaban J connectivity index is 1.45. The summed E-state index contributed by atoms with van der Waals surface area (Å²) in [6, 6.07) is 3.96. The summed E-state index contributed by atoms with van der Waals surface area (Å²) < 4.78 is 46.4. The van der Waals surface area contributed by atoms with Crippen molar-refractivity contribution in [3.8, 4) is 0 Å². The highest BCUT2D eigenvalue weighted by Gasteiger charge is 2.34. The number of hydrogen-bond donors (Lipinski definition) is 1. The first-order chi connectivity index (χ1) is 13.5. The van der Waals surface area contributed by atoms with Crippen LogP contribution in [0.4, 0.5) is 23.7 Å². The van der Waals surface area contributed by atoms with E-state index in [4.69, 9.17) is 4.74 Å². The zero-order chi connectivity index (χ0) is 19.7. The third-order valence-corrected chi connectivity index (χ3v) is 6.14. The van der Waals surface area contributed by atoms with Crippen LogP contribution in [0.5, 0.6) is 0 Å². The number of carbonyl (C=O) groups is 1. The molecule has 2 bridgehead atoms. The molecule has 3 heterocycles. The lowest BCUT2D eigenvalue weighted by molar-refractivity contribution is 0.116. The van der Waals surface area contributed by atoms with Gasteiger partial charge >= 0.3 is 6.09 Å². The predicted molar refractivity (Wildman–Crippen MR) is 101 cm³/mol. The van der Waals surface area contributed by atoms with Crippen LogP contribution in [0.3, 0.4) is 0 Å². The molecule has 1 aromatic heterocycles. The molecule has 150 valence electrons. The molecular weight excluding hydrogens is 389 g/mol. The highest BCUT2D eigenvalue weighted by Crippen LogP contribution is 2.31. The van der Waals surface area contributed by atoms with E-state index < -0.39 is 23.5 Å². The normalized spacial score (nSPS) is 23.6. The van der Waals surface area contributed by atoms with Crippen molar-refractivity contribution < 1.29 is 22.7 Å². The Morgan fingerprint density at radius 2 is 1.86 bits per heavy atom. The van der Waals surface area contributed by atoms with Crippen molar-refractivity contribution in [1.82, 2.24) is 5.32 Å². The van der Waals surface area contributed by atoms with Crippen LogP contribution in [-0.2, 0) is 11.3 Å². The maximum absolute atomic E-state index is 14.1. The molecule has 1 aromatic carbocycles. The van der Waals surface area contributed by atoms with Crippen LogP contribution in [0.2, 0.25) is 0 Å². The lowest BCUT2D eigenvalue weighted by Crippen LogP contribution is -2.40. The molecule has 0 radical (unpaired) electrons. The van der Waals surface area contributed by atoms with Gasteiger partial charge in [-0.3, -0.25) is 4.90 Å². The second-order valence-electron chi connectivity index (χ2n) is 7.48. The summed E-state index contributed by atoms with van der Waals surface area (Å²) in [6.45, 7) is 0.0600. The van der Waals surface area contributed by atoms with E-state index in [0.717, 1.165) is 31.7 Å². The van der Waals surface area contributed by atoms with Gasteiger partial charge in [-0.15, -0.1) is 0 Å². The van der Waals surface area contributed by atoms with E-state index in [9.17, 15) is 18.0 Å². The van der Waals surface area contributed by atoms with E-state index in [0.29, 0.717) is 36.4 Å². The minimum atomic E-state index is -1.26. The third kappa shape index (κ3) is 4.17. The van der Waals surface area contributed by atoms with Crippen molar-refractivity contribution in [2.24, 2.45) is 5.92 Å². The third-order valence-electron chi connectivity index (χ3n) is 5.47. The van der Waals surface area contributed by atoms with Crippen LogP contribution in [-0.4, -0.2) is 24.8 Å². The number of halogens is 3. The number of amides is 1. The maximum atomic E-state index is 14.1. The molecule has 2 aliphatic rings. The minimum Gasteiger partial charge on any atom is -0.449 e. The Morgan fingerprint density at radius 1 is 1.14 bits per heavy atom. The molecule has 0 spiro atoms. The molecule has 3 atom stereocenters. The number of thiophene rings is 1. The maximum Gasteiger partial charge on any atom is 0.414 e. The molecule has 0 aliphatic carbocycles. The average molecular weight is 410 g/mol. The number of rotatable bonds is 5. The number of nitrogens with one attached hydrogen (secondary N) is 1. The van der Waals surface area contributed by atoms with E-state index in [1.165, 1.54) is 16.2 Å². The molecule has 1 amide bonds. The molecular formula is C20H21F3N2O2S. The fourth-order valence-corrected chi connectivity index (χ4v) is 4.75. The smallest absolute Gasteiger partial charge is 0.414 e. The van der Waals surface area contributed by atoms with Gasteiger partial charge < -0.3 is 10.1 Å². The first-order valence-corrected chi connectivity index (χ1v) is 10.3. The van der Waals surface area contributed by atoms with E-state index >= 15 is 0 Å². The van der Waals surface area contributed by atoms with Crippen molar-refractivity contribution in [2.75, 3.05) is 11.5 Å². The topological polar surface area (TPSA) is 41.6 Å². The van der Waals surface area contributed by atoms with Crippen LogP contribution in [0.1, 0.15) is 31.2 Å². The number of piperidine rings is 1. The van der Waals surface area contributed by atoms with E-state index in [-0.39, 0.29) is 12.1 Å². The predicted octanol–water partition coefficient (Wildman–Crippen LogP) is 4.84. The highest BCUT2D eigenvalue weighted by atomic mass is 32.1. The highest BCUT2D eigenvalue weighted by molar-refractivity contribution is 7.08. The molecule has 4 nitrogen and oxygen atoms in total. The zero-order valence-corrected chi connectivity index (χ0v) is 16.0. The summed E-state index contributed by atoms with van der Waals surface area (Å²) >= 11 is 1.38. The number of ether oxygens (including phenoxy) is 1. The summed E-state index contributed by atoms with van der Waals surface area (Å²) in [6.07, 6.45) is 3.64. The van der Waals surface area contributed by atoms with Gasteiger partial charge in [-0.05, 0) is 49.1 Å². The first kappa shape index (κ1) is 19.3. The molecule has 2 saturated heterocycles. The largest absolute Gasteiger partial charge is 0.449 e. The molecule has 2 aromatic rings. The van der Waals surface area contributed by atoms with Crippen molar-refractivity contribution in [3.63, 3.8) is 0 Å². The van der Waals surface area contributed by atoms with Crippen molar-refractivity contribution in [1.29, 1.82) is 0 Å². The van der Waals surface area contributed by atoms with Crippen LogP contribution in [0.25, 0.3) is 0 Å². The Morgan fingerprint density at radius 3 is 2.54 bits per heavy atom. The number of hydrogen-bond acceptors (Lipinski definition) is 4.